The van der Waals surface area contributed by atoms with Gasteiger partial charge in [0.25, 0.3) is 0 Å². The molecule has 114 valence electrons. The van der Waals surface area contributed by atoms with Crippen LogP contribution >= 0.6 is 0 Å². The van der Waals surface area contributed by atoms with Crippen molar-refractivity contribution in [2.75, 3.05) is 13.6 Å². The fourth-order valence-corrected chi connectivity index (χ4v) is 2.13. The summed E-state index contributed by atoms with van der Waals surface area (Å²) < 4.78 is 14.7. The quantitative estimate of drug-likeness (QED) is 0.765. The Morgan fingerprint density at radius 2 is 2.32 bits per heavy atom. The molecule has 1 heterocycles. The van der Waals surface area contributed by atoms with Crippen molar-refractivity contribution in [1.82, 2.24) is 25.1 Å². The summed E-state index contributed by atoms with van der Waals surface area (Å²) in [6.07, 6.45) is 0.234. The van der Waals surface area contributed by atoms with E-state index in [1.807, 2.05) is 6.07 Å². The van der Waals surface area contributed by atoms with Crippen LogP contribution in [0.4, 0.5) is 4.39 Å². The number of carbonyl (C=O) groups is 1. The van der Waals surface area contributed by atoms with E-state index >= 15 is 0 Å². The van der Waals surface area contributed by atoms with Crippen LogP contribution in [0.5, 0.6) is 0 Å². The minimum atomic E-state index is -0.727. The number of tetrazole rings is 1. The molecule has 0 spiro atoms. The molecule has 0 aliphatic heterocycles. The first-order valence-corrected chi connectivity index (χ1v) is 6.63. The molecule has 0 aliphatic carbocycles. The maximum atomic E-state index is 13.3. The lowest BCUT2D eigenvalue weighted by Gasteiger charge is -2.22. The summed E-state index contributed by atoms with van der Waals surface area (Å²) in [5.41, 5.74) is 0.651. The number of likely N-dealkylation sites (N-methyl/N-ethyl adjacent to an activating group) is 1. The maximum absolute atomic E-state index is 13.3. The van der Waals surface area contributed by atoms with Crippen LogP contribution in [-0.2, 0) is 11.2 Å². The Hall–Kier alpha value is -2.82. The van der Waals surface area contributed by atoms with E-state index in [0.29, 0.717) is 11.4 Å². The number of hydrogen-bond donors (Lipinski definition) is 0. The molecular formula is C14H15FN6O. The van der Waals surface area contributed by atoms with Gasteiger partial charge in [-0.25, -0.2) is 9.07 Å². The summed E-state index contributed by atoms with van der Waals surface area (Å²) in [7, 11) is 1.53. The molecule has 0 aliphatic rings. The molecule has 1 aromatic heterocycles. The first-order chi connectivity index (χ1) is 10.5. The number of aryl methyl sites for hydroxylation is 1. The molecule has 1 aromatic carbocycles. The van der Waals surface area contributed by atoms with Crippen LogP contribution in [0.25, 0.3) is 0 Å². The van der Waals surface area contributed by atoms with Crippen LogP contribution in [0.15, 0.2) is 24.3 Å². The number of nitrogens with zero attached hydrogens (tertiary/aromatic N) is 6. The van der Waals surface area contributed by atoms with Crippen molar-refractivity contribution in [2.24, 2.45) is 0 Å². The molecule has 0 saturated carbocycles. The number of hydrogen-bond acceptors (Lipinski definition) is 5. The van der Waals surface area contributed by atoms with Gasteiger partial charge >= 0.3 is 0 Å². The van der Waals surface area contributed by atoms with Gasteiger partial charge in [0.05, 0.1) is 6.07 Å². The zero-order chi connectivity index (χ0) is 16.1. The van der Waals surface area contributed by atoms with Crippen LogP contribution < -0.4 is 0 Å². The second kappa shape index (κ2) is 6.76. The standard InChI is InChI=1S/C14H15FN6O/c1-10-17-18-19-21(10)13(14(22)20(2)7-6-16)9-11-4-3-5-12(15)8-11/h3-5,8,13H,7,9H2,1-2H3. The van der Waals surface area contributed by atoms with Crippen molar-refractivity contribution in [3.8, 4) is 6.07 Å². The molecule has 2 aromatic rings. The Morgan fingerprint density at radius 1 is 1.55 bits per heavy atom. The number of carbonyl (C=O) groups excluding carboxylic acids is 1. The molecule has 8 heteroatoms. The van der Waals surface area contributed by atoms with E-state index in [-0.39, 0.29) is 24.7 Å². The molecule has 7 nitrogen and oxygen atoms in total. The molecule has 0 bridgehead atoms. The maximum Gasteiger partial charge on any atom is 0.248 e. The smallest absolute Gasteiger partial charge is 0.248 e. The molecule has 2 rings (SSSR count). The SMILES string of the molecule is Cc1nnnn1C(Cc1cccc(F)c1)C(=O)N(C)CC#N. The molecule has 1 atom stereocenters. The molecule has 1 amide bonds. The molecule has 0 radical (unpaired) electrons. The normalized spacial score (nSPS) is 11.7. The lowest BCUT2D eigenvalue weighted by atomic mass is 10.0. The van der Waals surface area contributed by atoms with Gasteiger partial charge in [0.15, 0.2) is 0 Å². The summed E-state index contributed by atoms with van der Waals surface area (Å²) in [6.45, 7) is 1.63. The third-order valence-electron chi connectivity index (χ3n) is 3.24. The van der Waals surface area contributed by atoms with E-state index in [2.05, 4.69) is 15.5 Å². The fraction of sp³-hybridized carbons (Fsp3) is 0.357. The van der Waals surface area contributed by atoms with Gasteiger partial charge in [-0.3, -0.25) is 4.79 Å². The monoisotopic (exact) mass is 302 g/mol. The highest BCUT2D eigenvalue weighted by Gasteiger charge is 2.27. The number of nitriles is 1. The lowest BCUT2D eigenvalue weighted by Crippen LogP contribution is -2.36. The van der Waals surface area contributed by atoms with Gasteiger partial charge in [-0.05, 0) is 35.0 Å². The highest BCUT2D eigenvalue weighted by atomic mass is 19.1. The second-order valence-corrected chi connectivity index (χ2v) is 4.87. The van der Waals surface area contributed by atoms with Crippen LogP contribution in [-0.4, -0.2) is 44.6 Å². The summed E-state index contributed by atoms with van der Waals surface area (Å²) in [5.74, 6) is -0.205. The van der Waals surface area contributed by atoms with Crippen molar-refractivity contribution in [1.29, 1.82) is 5.26 Å². The van der Waals surface area contributed by atoms with E-state index in [1.54, 1.807) is 19.1 Å². The van der Waals surface area contributed by atoms with E-state index in [1.165, 1.54) is 28.8 Å². The molecule has 0 N–H and O–H groups in total. The van der Waals surface area contributed by atoms with Gasteiger partial charge in [-0.2, -0.15) is 5.26 Å². The van der Waals surface area contributed by atoms with Crippen LogP contribution in [0.3, 0.4) is 0 Å². The Labute approximate surface area is 127 Å². The van der Waals surface area contributed by atoms with Crippen molar-refractivity contribution in [2.45, 2.75) is 19.4 Å². The van der Waals surface area contributed by atoms with E-state index in [9.17, 15) is 9.18 Å². The third-order valence-corrected chi connectivity index (χ3v) is 3.24. The zero-order valence-corrected chi connectivity index (χ0v) is 12.3. The number of benzene rings is 1. The van der Waals surface area contributed by atoms with Crippen molar-refractivity contribution >= 4 is 5.91 Å². The summed E-state index contributed by atoms with van der Waals surface area (Å²) >= 11 is 0. The zero-order valence-electron chi connectivity index (χ0n) is 12.3. The largest absolute Gasteiger partial charge is 0.331 e. The average Bonchev–Trinajstić information content (AvgIpc) is 2.90. The van der Waals surface area contributed by atoms with E-state index in [0.717, 1.165) is 0 Å². The number of aromatic nitrogens is 4. The Morgan fingerprint density at radius 3 is 2.91 bits per heavy atom. The highest BCUT2D eigenvalue weighted by molar-refractivity contribution is 5.80. The first kappa shape index (κ1) is 15.6. The van der Waals surface area contributed by atoms with Crippen LogP contribution in [0.1, 0.15) is 17.4 Å². The highest BCUT2D eigenvalue weighted by Crippen LogP contribution is 2.17. The van der Waals surface area contributed by atoms with Gasteiger partial charge in [-0.15, -0.1) is 5.10 Å². The van der Waals surface area contributed by atoms with Gasteiger partial charge in [0.2, 0.25) is 5.91 Å². The fourth-order valence-electron chi connectivity index (χ4n) is 2.13. The summed E-state index contributed by atoms with van der Waals surface area (Å²) in [6, 6.07) is 7.21. The Kier molecular flexibility index (Phi) is 4.78. The van der Waals surface area contributed by atoms with Gasteiger partial charge < -0.3 is 4.90 Å². The average molecular weight is 302 g/mol. The van der Waals surface area contributed by atoms with Gasteiger partial charge in [-0.1, -0.05) is 12.1 Å². The lowest BCUT2D eigenvalue weighted by molar-refractivity contribution is -0.133. The molecular weight excluding hydrogens is 287 g/mol. The predicted octanol–water partition coefficient (Wildman–Crippen LogP) is 0.886. The minimum absolute atomic E-state index is 0.0420. The Bertz CT molecular complexity index is 707. The molecule has 0 fully saturated rings. The van der Waals surface area contributed by atoms with Gasteiger partial charge in [0.1, 0.15) is 24.2 Å². The number of rotatable bonds is 5. The van der Waals surface area contributed by atoms with Crippen molar-refractivity contribution < 1.29 is 9.18 Å². The van der Waals surface area contributed by atoms with Gasteiger partial charge in [0, 0.05) is 13.5 Å². The summed E-state index contributed by atoms with van der Waals surface area (Å²) in [4.78, 5) is 13.8. The summed E-state index contributed by atoms with van der Waals surface area (Å²) in [5, 5.41) is 19.9. The Balaban J connectivity index is 2.32. The second-order valence-electron chi connectivity index (χ2n) is 4.87. The number of amides is 1. The van der Waals surface area contributed by atoms with Crippen LogP contribution in [0, 0.1) is 24.1 Å². The molecule has 22 heavy (non-hydrogen) atoms. The van der Waals surface area contributed by atoms with E-state index < -0.39 is 6.04 Å². The molecule has 0 saturated heterocycles. The third kappa shape index (κ3) is 3.44. The topological polar surface area (TPSA) is 87.7 Å². The van der Waals surface area contributed by atoms with Crippen molar-refractivity contribution in [3.05, 3.63) is 41.5 Å². The first-order valence-electron chi connectivity index (χ1n) is 6.63. The van der Waals surface area contributed by atoms with E-state index in [4.69, 9.17) is 5.26 Å². The number of halogens is 1. The molecule has 1 unspecified atom stereocenters. The minimum Gasteiger partial charge on any atom is -0.331 e. The predicted molar refractivity (Wildman–Crippen MR) is 74.9 cm³/mol. The van der Waals surface area contributed by atoms with Crippen LogP contribution in [0.2, 0.25) is 0 Å². The van der Waals surface area contributed by atoms with Crippen molar-refractivity contribution in [3.63, 3.8) is 0 Å².